The molecule has 3 heterocycles. The van der Waals surface area contributed by atoms with Crippen molar-refractivity contribution in [2.24, 2.45) is 11.3 Å². The van der Waals surface area contributed by atoms with Crippen LogP contribution in [0.4, 0.5) is 5.82 Å². The molecule has 2 saturated heterocycles. The predicted octanol–water partition coefficient (Wildman–Crippen LogP) is 1.62. The second kappa shape index (κ2) is 8.15. The fourth-order valence-electron chi connectivity index (χ4n) is 5.05. The van der Waals surface area contributed by atoms with E-state index in [1.54, 1.807) is 0 Å². The first-order chi connectivity index (χ1) is 13.2. The third-order valence-electron chi connectivity index (χ3n) is 6.90. The van der Waals surface area contributed by atoms with E-state index in [0.29, 0.717) is 12.5 Å². The summed E-state index contributed by atoms with van der Waals surface area (Å²) < 4.78 is 0. The van der Waals surface area contributed by atoms with E-state index in [1.165, 1.54) is 19.3 Å². The standard InChI is InChI=1S/C21H33N5O/c1-2-25-9-11-26(12-10-25)19-7-6-17(13-23-19)14-24-20(27)21-8-4-3-5-18(21)15-22-16-21/h6-7,13,18,22H,2-5,8-12,14-16H2,1H3,(H,24,27)/t18-,21+/m0/s1. The molecule has 148 valence electrons. The Hall–Kier alpha value is -1.66. The molecule has 6 nitrogen and oxygen atoms in total. The summed E-state index contributed by atoms with van der Waals surface area (Å²) in [6.07, 6.45) is 6.57. The molecule has 2 aliphatic heterocycles. The summed E-state index contributed by atoms with van der Waals surface area (Å²) in [6, 6.07) is 4.21. The van der Waals surface area contributed by atoms with Crippen LogP contribution in [0.2, 0.25) is 0 Å². The van der Waals surface area contributed by atoms with Crippen molar-refractivity contribution in [3.05, 3.63) is 23.9 Å². The van der Waals surface area contributed by atoms with E-state index in [2.05, 4.69) is 44.5 Å². The molecule has 0 spiro atoms. The monoisotopic (exact) mass is 371 g/mol. The molecule has 2 atom stereocenters. The summed E-state index contributed by atoms with van der Waals surface area (Å²) in [4.78, 5) is 22.4. The minimum Gasteiger partial charge on any atom is -0.354 e. The van der Waals surface area contributed by atoms with Gasteiger partial charge in [0.05, 0.1) is 5.41 Å². The van der Waals surface area contributed by atoms with Crippen LogP contribution in [0.3, 0.4) is 0 Å². The van der Waals surface area contributed by atoms with E-state index in [9.17, 15) is 4.79 Å². The van der Waals surface area contributed by atoms with Crippen LogP contribution in [0.5, 0.6) is 0 Å². The van der Waals surface area contributed by atoms with Gasteiger partial charge < -0.3 is 20.4 Å². The number of amides is 1. The Bertz CT molecular complexity index is 640. The van der Waals surface area contributed by atoms with Gasteiger partial charge in [0.1, 0.15) is 5.82 Å². The Morgan fingerprint density at radius 2 is 2.15 bits per heavy atom. The molecule has 0 aromatic carbocycles. The number of nitrogens with one attached hydrogen (secondary N) is 2. The maximum atomic E-state index is 13.0. The first kappa shape index (κ1) is 18.7. The van der Waals surface area contributed by atoms with Gasteiger partial charge in [0.15, 0.2) is 0 Å². The van der Waals surface area contributed by atoms with Crippen molar-refractivity contribution in [2.75, 3.05) is 50.7 Å². The molecule has 6 heteroatoms. The van der Waals surface area contributed by atoms with Crippen molar-refractivity contribution >= 4 is 11.7 Å². The molecule has 27 heavy (non-hydrogen) atoms. The number of rotatable bonds is 5. The highest BCUT2D eigenvalue weighted by molar-refractivity contribution is 5.83. The third kappa shape index (κ3) is 3.83. The maximum absolute atomic E-state index is 13.0. The number of likely N-dealkylation sites (N-methyl/N-ethyl adjacent to an activating group) is 1. The van der Waals surface area contributed by atoms with E-state index in [-0.39, 0.29) is 11.3 Å². The van der Waals surface area contributed by atoms with Gasteiger partial charge in [0, 0.05) is 45.5 Å². The Kier molecular flexibility index (Phi) is 5.64. The Balaban J connectivity index is 1.32. The lowest BCUT2D eigenvalue weighted by molar-refractivity contribution is -0.134. The van der Waals surface area contributed by atoms with Gasteiger partial charge in [0.2, 0.25) is 5.91 Å². The quantitative estimate of drug-likeness (QED) is 0.824. The normalized spacial score (nSPS) is 28.8. The highest BCUT2D eigenvalue weighted by atomic mass is 16.2. The molecule has 2 N–H and O–H groups in total. The first-order valence-electron chi connectivity index (χ1n) is 10.6. The highest BCUT2D eigenvalue weighted by Crippen LogP contribution is 2.43. The molecular weight excluding hydrogens is 338 g/mol. The SMILES string of the molecule is CCN1CCN(c2ccc(CNC(=O)[C@@]34CCCC[C@H]3CNC4)cn2)CC1. The second-order valence-electron chi connectivity index (χ2n) is 8.36. The largest absolute Gasteiger partial charge is 0.354 e. The van der Waals surface area contributed by atoms with Crippen LogP contribution in [-0.4, -0.2) is 61.6 Å². The lowest BCUT2D eigenvalue weighted by atomic mass is 9.67. The number of hydrogen-bond donors (Lipinski definition) is 2. The number of nitrogens with zero attached hydrogens (tertiary/aromatic N) is 3. The van der Waals surface area contributed by atoms with Crippen molar-refractivity contribution in [1.82, 2.24) is 20.5 Å². The van der Waals surface area contributed by atoms with E-state index in [0.717, 1.165) is 63.6 Å². The molecule has 0 bridgehead atoms. The van der Waals surface area contributed by atoms with Crippen molar-refractivity contribution in [3.63, 3.8) is 0 Å². The zero-order valence-corrected chi connectivity index (χ0v) is 16.5. The number of carbonyl (C=O) groups is 1. The van der Waals surface area contributed by atoms with E-state index in [4.69, 9.17) is 0 Å². The van der Waals surface area contributed by atoms with Crippen LogP contribution < -0.4 is 15.5 Å². The van der Waals surface area contributed by atoms with Crippen molar-refractivity contribution in [2.45, 2.75) is 39.2 Å². The average Bonchev–Trinajstić information content (AvgIpc) is 3.18. The zero-order chi connectivity index (χ0) is 18.7. The lowest BCUT2D eigenvalue weighted by Gasteiger charge is -2.37. The number of anilines is 1. The number of aromatic nitrogens is 1. The summed E-state index contributed by atoms with van der Waals surface area (Å²) in [5.74, 6) is 1.79. The van der Waals surface area contributed by atoms with Crippen LogP contribution in [0.1, 0.15) is 38.2 Å². The Labute approximate surface area is 162 Å². The first-order valence-corrected chi connectivity index (χ1v) is 10.6. The molecule has 1 aliphatic carbocycles. The number of hydrogen-bond acceptors (Lipinski definition) is 5. The molecule has 0 radical (unpaired) electrons. The number of fused-ring (bicyclic) bond motifs is 1. The summed E-state index contributed by atoms with van der Waals surface area (Å²) in [7, 11) is 0. The van der Waals surface area contributed by atoms with Crippen molar-refractivity contribution < 1.29 is 4.79 Å². The third-order valence-corrected chi connectivity index (χ3v) is 6.90. The molecule has 1 saturated carbocycles. The molecule has 1 amide bonds. The number of piperazine rings is 1. The molecule has 1 aromatic heterocycles. The minimum absolute atomic E-state index is 0.176. The number of carbonyl (C=O) groups excluding carboxylic acids is 1. The number of pyridine rings is 1. The van der Waals surface area contributed by atoms with Gasteiger partial charge >= 0.3 is 0 Å². The van der Waals surface area contributed by atoms with E-state index < -0.39 is 0 Å². The lowest BCUT2D eigenvalue weighted by Crippen LogP contribution is -2.47. The van der Waals surface area contributed by atoms with Gasteiger partial charge in [-0.1, -0.05) is 25.8 Å². The molecule has 4 rings (SSSR count). The molecule has 3 fully saturated rings. The second-order valence-corrected chi connectivity index (χ2v) is 8.36. The van der Waals surface area contributed by atoms with Gasteiger partial charge in [-0.3, -0.25) is 4.79 Å². The van der Waals surface area contributed by atoms with Crippen LogP contribution in [-0.2, 0) is 11.3 Å². The van der Waals surface area contributed by atoms with Gasteiger partial charge in [0.25, 0.3) is 0 Å². The van der Waals surface area contributed by atoms with Gasteiger partial charge in [-0.15, -0.1) is 0 Å². The molecule has 1 aromatic rings. The van der Waals surface area contributed by atoms with Crippen molar-refractivity contribution in [1.29, 1.82) is 0 Å². The zero-order valence-electron chi connectivity index (χ0n) is 16.5. The summed E-state index contributed by atoms with van der Waals surface area (Å²) >= 11 is 0. The van der Waals surface area contributed by atoms with Crippen LogP contribution in [0.15, 0.2) is 18.3 Å². The highest BCUT2D eigenvalue weighted by Gasteiger charge is 2.49. The van der Waals surface area contributed by atoms with Gasteiger partial charge in [-0.2, -0.15) is 0 Å². The Morgan fingerprint density at radius 3 is 2.89 bits per heavy atom. The average molecular weight is 372 g/mol. The predicted molar refractivity (Wildman–Crippen MR) is 108 cm³/mol. The van der Waals surface area contributed by atoms with Crippen LogP contribution in [0.25, 0.3) is 0 Å². The smallest absolute Gasteiger partial charge is 0.228 e. The fraction of sp³-hybridized carbons (Fsp3) is 0.714. The van der Waals surface area contributed by atoms with Crippen LogP contribution >= 0.6 is 0 Å². The van der Waals surface area contributed by atoms with Gasteiger partial charge in [-0.25, -0.2) is 4.98 Å². The van der Waals surface area contributed by atoms with Gasteiger partial charge in [-0.05, 0) is 43.5 Å². The van der Waals surface area contributed by atoms with Crippen LogP contribution in [0, 0.1) is 11.3 Å². The molecule has 0 unspecified atom stereocenters. The topological polar surface area (TPSA) is 60.5 Å². The van der Waals surface area contributed by atoms with E-state index >= 15 is 0 Å². The summed E-state index contributed by atoms with van der Waals surface area (Å²) in [6.45, 7) is 10.0. The maximum Gasteiger partial charge on any atom is 0.228 e. The summed E-state index contributed by atoms with van der Waals surface area (Å²) in [5, 5.41) is 6.66. The fourth-order valence-corrected chi connectivity index (χ4v) is 5.05. The van der Waals surface area contributed by atoms with E-state index in [1.807, 2.05) is 6.20 Å². The Morgan fingerprint density at radius 1 is 1.30 bits per heavy atom. The molecular formula is C21H33N5O. The van der Waals surface area contributed by atoms with Crippen molar-refractivity contribution in [3.8, 4) is 0 Å². The molecule has 3 aliphatic rings. The summed E-state index contributed by atoms with van der Waals surface area (Å²) in [5.41, 5.74) is 0.902. The minimum atomic E-state index is -0.176.